The minimum atomic E-state index is -4.48. The lowest BCUT2D eigenvalue weighted by Crippen LogP contribution is -2.44. The number of rotatable bonds is 1. The molecule has 1 aliphatic heterocycles. The lowest BCUT2D eigenvalue weighted by molar-refractivity contribution is -0.210. The second kappa shape index (κ2) is 2.98. The van der Waals surface area contributed by atoms with Crippen molar-refractivity contribution in [2.45, 2.75) is 31.2 Å². The van der Waals surface area contributed by atoms with Crippen LogP contribution in [0.25, 0.3) is 0 Å². The highest BCUT2D eigenvalue weighted by Gasteiger charge is 2.44. The van der Waals surface area contributed by atoms with E-state index in [2.05, 4.69) is 5.32 Å². The molecule has 1 aliphatic rings. The normalized spacial score (nSPS) is 28.9. The lowest BCUT2D eigenvalue weighted by atomic mass is 10.1. The molecule has 0 saturated carbocycles. The van der Waals surface area contributed by atoms with E-state index in [1.807, 2.05) is 0 Å². The second-order valence-corrected chi connectivity index (χ2v) is 2.69. The molecule has 2 N–H and O–H groups in total. The summed E-state index contributed by atoms with van der Waals surface area (Å²) in [5, 5.41) is 11.3. The van der Waals surface area contributed by atoms with E-state index in [9.17, 15) is 13.2 Å². The molecule has 1 fully saturated rings. The fraction of sp³-hybridized carbons (Fsp3) is 1.00. The number of aliphatic hydroxyl groups is 1. The fourth-order valence-corrected chi connectivity index (χ4v) is 1.21. The number of alkyl halides is 3. The van der Waals surface area contributed by atoms with E-state index in [4.69, 9.17) is 5.11 Å². The Morgan fingerprint density at radius 2 is 2.09 bits per heavy atom. The highest BCUT2D eigenvalue weighted by atomic mass is 19.4. The zero-order valence-corrected chi connectivity index (χ0v) is 5.86. The monoisotopic (exact) mass is 169 g/mol. The lowest BCUT2D eigenvalue weighted by Gasteiger charge is -2.20. The van der Waals surface area contributed by atoms with Crippen molar-refractivity contribution in [1.29, 1.82) is 0 Å². The minimum absolute atomic E-state index is 0.403. The first-order valence-corrected chi connectivity index (χ1v) is 3.50. The van der Waals surface area contributed by atoms with Crippen LogP contribution >= 0.6 is 0 Å². The van der Waals surface area contributed by atoms with Gasteiger partial charge in [-0.2, -0.15) is 13.2 Å². The Hall–Kier alpha value is -0.290. The van der Waals surface area contributed by atoms with Gasteiger partial charge in [-0.3, -0.25) is 0 Å². The summed E-state index contributed by atoms with van der Waals surface area (Å²) in [6.45, 7) is 0.567. The fourth-order valence-electron chi connectivity index (χ4n) is 1.21. The van der Waals surface area contributed by atoms with Gasteiger partial charge in [0.1, 0.15) is 0 Å². The molecule has 0 aromatic rings. The maximum absolute atomic E-state index is 11.8. The van der Waals surface area contributed by atoms with Crippen molar-refractivity contribution in [1.82, 2.24) is 5.32 Å². The van der Waals surface area contributed by atoms with E-state index < -0.39 is 18.3 Å². The summed E-state index contributed by atoms with van der Waals surface area (Å²) >= 11 is 0. The van der Waals surface area contributed by atoms with E-state index in [0.717, 1.165) is 0 Å². The highest BCUT2D eigenvalue weighted by Crippen LogP contribution is 2.25. The highest BCUT2D eigenvalue weighted by molar-refractivity contribution is 4.85. The van der Waals surface area contributed by atoms with Crippen LogP contribution in [0.4, 0.5) is 13.2 Å². The summed E-state index contributed by atoms with van der Waals surface area (Å²) < 4.78 is 35.4. The standard InChI is InChI=1S/C6H10F3NO/c7-6(8,9)5(11)4-2-1-3-10-4/h4-5,10-11H,1-3H2. The van der Waals surface area contributed by atoms with Crippen molar-refractivity contribution in [2.24, 2.45) is 0 Å². The van der Waals surface area contributed by atoms with Gasteiger partial charge >= 0.3 is 6.18 Å². The van der Waals surface area contributed by atoms with Crippen LogP contribution in [-0.4, -0.2) is 30.0 Å². The topological polar surface area (TPSA) is 32.3 Å². The van der Waals surface area contributed by atoms with Crippen LogP contribution in [0.15, 0.2) is 0 Å². The maximum atomic E-state index is 11.8. The van der Waals surface area contributed by atoms with Crippen LogP contribution in [0, 0.1) is 0 Å². The first kappa shape index (κ1) is 8.80. The molecule has 0 aromatic carbocycles. The Kier molecular flexibility index (Phi) is 2.39. The Morgan fingerprint density at radius 1 is 1.45 bits per heavy atom. The van der Waals surface area contributed by atoms with Gasteiger partial charge in [0.2, 0.25) is 0 Å². The summed E-state index contributed by atoms with van der Waals surface area (Å²) in [4.78, 5) is 0. The first-order valence-electron chi connectivity index (χ1n) is 3.50. The average Bonchev–Trinajstić information content (AvgIpc) is 2.34. The van der Waals surface area contributed by atoms with Crippen LogP contribution in [0.2, 0.25) is 0 Å². The van der Waals surface area contributed by atoms with Crippen molar-refractivity contribution in [3.8, 4) is 0 Å². The molecule has 2 atom stereocenters. The predicted octanol–water partition coefficient (Wildman–Crippen LogP) is 0.662. The van der Waals surface area contributed by atoms with E-state index in [0.29, 0.717) is 19.4 Å². The van der Waals surface area contributed by atoms with Crippen molar-refractivity contribution < 1.29 is 18.3 Å². The van der Waals surface area contributed by atoms with Gasteiger partial charge < -0.3 is 10.4 Å². The van der Waals surface area contributed by atoms with Gasteiger partial charge in [0.05, 0.1) is 0 Å². The summed E-state index contributed by atoms with van der Waals surface area (Å²) in [5.74, 6) is 0. The summed E-state index contributed by atoms with van der Waals surface area (Å²) in [5.41, 5.74) is 0. The molecular formula is C6H10F3NO. The molecule has 0 spiro atoms. The van der Waals surface area contributed by atoms with E-state index in [1.165, 1.54) is 0 Å². The van der Waals surface area contributed by atoms with Crippen LogP contribution in [-0.2, 0) is 0 Å². The van der Waals surface area contributed by atoms with Crippen molar-refractivity contribution in [2.75, 3.05) is 6.54 Å². The molecule has 11 heavy (non-hydrogen) atoms. The Labute approximate surface area is 62.4 Å². The third kappa shape index (κ3) is 2.07. The van der Waals surface area contributed by atoms with Gasteiger partial charge in [-0.25, -0.2) is 0 Å². The number of nitrogens with one attached hydrogen (secondary N) is 1. The van der Waals surface area contributed by atoms with Crippen LogP contribution in [0.1, 0.15) is 12.8 Å². The van der Waals surface area contributed by atoms with E-state index in [-0.39, 0.29) is 0 Å². The van der Waals surface area contributed by atoms with Gasteiger partial charge in [-0.1, -0.05) is 0 Å². The van der Waals surface area contributed by atoms with Crippen LogP contribution in [0.5, 0.6) is 0 Å². The SMILES string of the molecule is OC(C1CCCN1)C(F)(F)F. The van der Waals surface area contributed by atoms with Crippen LogP contribution in [0.3, 0.4) is 0 Å². The molecule has 0 bridgehead atoms. The minimum Gasteiger partial charge on any atom is -0.382 e. The Morgan fingerprint density at radius 3 is 2.45 bits per heavy atom. The third-order valence-corrected chi connectivity index (χ3v) is 1.81. The molecule has 0 aliphatic carbocycles. The molecule has 0 amide bonds. The Balaban J connectivity index is 2.46. The molecule has 1 rings (SSSR count). The van der Waals surface area contributed by atoms with Gasteiger partial charge in [-0.05, 0) is 19.4 Å². The summed E-state index contributed by atoms with van der Waals surface area (Å²) in [6.07, 6.45) is -5.58. The Bertz CT molecular complexity index is 130. The first-order chi connectivity index (χ1) is 5.02. The largest absolute Gasteiger partial charge is 0.415 e. The molecule has 1 saturated heterocycles. The van der Waals surface area contributed by atoms with Gasteiger partial charge in [0.25, 0.3) is 0 Å². The summed E-state index contributed by atoms with van der Waals surface area (Å²) in [7, 11) is 0. The molecule has 2 unspecified atom stereocenters. The average molecular weight is 169 g/mol. The van der Waals surface area contributed by atoms with E-state index >= 15 is 0 Å². The molecule has 1 heterocycles. The third-order valence-electron chi connectivity index (χ3n) is 1.81. The quantitative estimate of drug-likeness (QED) is 0.604. The van der Waals surface area contributed by atoms with Crippen molar-refractivity contribution >= 4 is 0 Å². The summed E-state index contributed by atoms with van der Waals surface area (Å²) in [6, 6.07) is -0.796. The maximum Gasteiger partial charge on any atom is 0.415 e. The number of hydrogen-bond acceptors (Lipinski definition) is 2. The van der Waals surface area contributed by atoms with Crippen LogP contribution < -0.4 is 5.32 Å². The van der Waals surface area contributed by atoms with Gasteiger partial charge in [-0.15, -0.1) is 0 Å². The molecule has 0 radical (unpaired) electrons. The van der Waals surface area contributed by atoms with Crippen molar-refractivity contribution in [3.05, 3.63) is 0 Å². The van der Waals surface area contributed by atoms with Gasteiger partial charge in [0.15, 0.2) is 6.10 Å². The number of hydrogen-bond donors (Lipinski definition) is 2. The van der Waals surface area contributed by atoms with Crippen molar-refractivity contribution in [3.63, 3.8) is 0 Å². The molecule has 66 valence electrons. The second-order valence-electron chi connectivity index (χ2n) is 2.69. The molecule has 5 heteroatoms. The van der Waals surface area contributed by atoms with E-state index in [1.54, 1.807) is 0 Å². The smallest absolute Gasteiger partial charge is 0.382 e. The zero-order chi connectivity index (χ0) is 8.48. The molecule has 2 nitrogen and oxygen atoms in total. The number of aliphatic hydroxyl groups excluding tert-OH is 1. The predicted molar refractivity (Wildman–Crippen MR) is 33.1 cm³/mol. The molecular weight excluding hydrogens is 159 g/mol. The number of halogens is 3. The molecule has 0 aromatic heterocycles. The van der Waals surface area contributed by atoms with Gasteiger partial charge in [0, 0.05) is 6.04 Å². The zero-order valence-electron chi connectivity index (χ0n) is 5.86.